The van der Waals surface area contributed by atoms with Gasteiger partial charge in [-0.3, -0.25) is 0 Å². The van der Waals surface area contributed by atoms with E-state index in [-0.39, 0.29) is 6.54 Å². The van der Waals surface area contributed by atoms with Crippen LogP contribution in [0.5, 0.6) is 0 Å². The predicted octanol–water partition coefficient (Wildman–Crippen LogP) is 1.68. The van der Waals surface area contributed by atoms with Crippen molar-refractivity contribution < 1.29 is 29.6 Å². The van der Waals surface area contributed by atoms with Crippen LogP contribution in [-0.2, 0) is 9.53 Å². The summed E-state index contributed by atoms with van der Waals surface area (Å²) in [5.74, 6) is -1.31. The molecule has 0 aliphatic heterocycles. The maximum Gasteiger partial charge on any atom is 0.408 e. The monoisotopic (exact) mass is 390 g/mol. The summed E-state index contributed by atoms with van der Waals surface area (Å²) in [5.41, 5.74) is 5.32. The molecule has 1 aromatic carbocycles. The summed E-state index contributed by atoms with van der Waals surface area (Å²) in [4.78, 5) is 21.8. The first-order chi connectivity index (χ1) is 11.9. The molecule has 1 unspecified atom stereocenters. The molecule has 0 spiro atoms. The summed E-state index contributed by atoms with van der Waals surface area (Å²) in [6, 6.07) is 5.69. The molecule has 148 valence electrons. The Balaban J connectivity index is 0.000000502. The summed E-state index contributed by atoms with van der Waals surface area (Å²) in [6.07, 6.45) is -2.65. The first-order valence-corrected chi connectivity index (χ1v) is 8.29. The van der Waals surface area contributed by atoms with Gasteiger partial charge in [-0.2, -0.15) is 0 Å². The summed E-state index contributed by atoms with van der Waals surface area (Å²) in [7, 11) is 0. The highest BCUT2D eigenvalue weighted by molar-refractivity contribution is 6.30. The highest BCUT2D eigenvalue weighted by Crippen LogP contribution is 2.16. The van der Waals surface area contributed by atoms with Gasteiger partial charge in [0.05, 0.1) is 12.2 Å². The van der Waals surface area contributed by atoms with Crippen LogP contribution >= 0.6 is 11.6 Å². The molecule has 9 heteroatoms. The van der Waals surface area contributed by atoms with Crippen LogP contribution in [0.25, 0.3) is 0 Å². The number of amides is 1. The predicted molar refractivity (Wildman–Crippen MR) is 97.9 cm³/mol. The molecule has 0 aliphatic carbocycles. The molecule has 0 fully saturated rings. The Hall–Kier alpha value is -1.87. The molecule has 0 heterocycles. The average Bonchev–Trinajstić information content (AvgIpc) is 2.50. The Kier molecular flexibility index (Phi) is 10.2. The van der Waals surface area contributed by atoms with Crippen LogP contribution < -0.4 is 11.1 Å². The van der Waals surface area contributed by atoms with Crippen LogP contribution in [0.2, 0.25) is 5.02 Å². The van der Waals surface area contributed by atoms with Gasteiger partial charge in [-0.1, -0.05) is 23.7 Å². The number of aliphatic carboxylic acids is 1. The second-order valence-corrected chi connectivity index (χ2v) is 6.95. The zero-order valence-corrected chi connectivity index (χ0v) is 16.0. The van der Waals surface area contributed by atoms with Crippen molar-refractivity contribution in [2.75, 3.05) is 6.54 Å². The molecule has 3 atom stereocenters. The molecule has 1 rings (SSSR count). The Morgan fingerprint density at radius 2 is 1.88 bits per heavy atom. The number of ether oxygens (including phenoxy) is 1. The second-order valence-electron chi connectivity index (χ2n) is 6.51. The van der Waals surface area contributed by atoms with Crippen molar-refractivity contribution in [3.05, 3.63) is 34.9 Å². The summed E-state index contributed by atoms with van der Waals surface area (Å²) in [5, 5.41) is 29.7. The maximum absolute atomic E-state index is 11.2. The molecule has 0 bridgehead atoms. The summed E-state index contributed by atoms with van der Waals surface area (Å²) in [6.45, 7) is 6.47. The number of carboxylic acids is 1. The number of rotatable bonds is 5. The zero-order chi connectivity index (χ0) is 20.5. The minimum Gasteiger partial charge on any atom is -0.480 e. The Morgan fingerprint density at radius 1 is 1.31 bits per heavy atom. The van der Waals surface area contributed by atoms with E-state index < -0.39 is 35.9 Å². The van der Waals surface area contributed by atoms with Gasteiger partial charge in [0, 0.05) is 11.6 Å². The maximum atomic E-state index is 11.2. The molecule has 0 aromatic heterocycles. The number of carbonyl (C=O) groups is 2. The van der Waals surface area contributed by atoms with Gasteiger partial charge in [-0.15, -0.1) is 0 Å². The van der Waals surface area contributed by atoms with E-state index in [1.165, 1.54) is 6.92 Å². The zero-order valence-electron chi connectivity index (χ0n) is 15.3. The second kappa shape index (κ2) is 11.0. The molecule has 0 aliphatic rings. The van der Waals surface area contributed by atoms with Crippen LogP contribution in [0.15, 0.2) is 24.3 Å². The lowest BCUT2D eigenvalue weighted by Crippen LogP contribution is -2.49. The lowest BCUT2D eigenvalue weighted by molar-refractivity contribution is -0.142. The molecule has 8 nitrogen and oxygen atoms in total. The van der Waals surface area contributed by atoms with Gasteiger partial charge in [0.1, 0.15) is 5.60 Å². The highest BCUT2D eigenvalue weighted by Gasteiger charge is 2.27. The largest absolute Gasteiger partial charge is 0.480 e. The number of carbonyl (C=O) groups excluding carboxylic acids is 1. The molecule has 1 amide bonds. The highest BCUT2D eigenvalue weighted by atomic mass is 35.5. The number of benzene rings is 1. The Labute approximate surface area is 157 Å². The van der Waals surface area contributed by atoms with Gasteiger partial charge < -0.3 is 31.1 Å². The number of nitrogens with one attached hydrogen (secondary N) is 1. The van der Waals surface area contributed by atoms with Crippen LogP contribution in [0.4, 0.5) is 4.79 Å². The van der Waals surface area contributed by atoms with E-state index >= 15 is 0 Å². The summed E-state index contributed by atoms with van der Waals surface area (Å²) < 4.78 is 4.84. The molecule has 0 radical (unpaired) electrons. The number of aliphatic hydroxyl groups excluding tert-OH is 2. The fraction of sp³-hybridized carbons (Fsp3) is 0.529. The third-order valence-corrected chi connectivity index (χ3v) is 3.11. The van der Waals surface area contributed by atoms with E-state index in [1.54, 1.807) is 45.0 Å². The number of nitrogens with two attached hydrogens (primary N) is 1. The van der Waals surface area contributed by atoms with Crippen molar-refractivity contribution in [2.45, 2.75) is 51.5 Å². The molecule has 6 N–H and O–H groups in total. The van der Waals surface area contributed by atoms with Crippen LogP contribution in [0, 0.1) is 0 Å². The van der Waals surface area contributed by atoms with Gasteiger partial charge in [0.2, 0.25) is 0 Å². The number of carboxylic acid groups (broad SMARTS) is 1. The van der Waals surface area contributed by atoms with Gasteiger partial charge in [-0.25, -0.2) is 9.59 Å². The lowest BCUT2D eigenvalue weighted by Gasteiger charge is -2.22. The van der Waals surface area contributed by atoms with E-state index in [9.17, 15) is 14.7 Å². The van der Waals surface area contributed by atoms with Crippen molar-refractivity contribution in [2.24, 2.45) is 5.73 Å². The van der Waals surface area contributed by atoms with Crippen molar-refractivity contribution in [1.29, 1.82) is 0 Å². The smallest absolute Gasteiger partial charge is 0.408 e. The normalized spacial score (nSPS) is 14.3. The van der Waals surface area contributed by atoms with Crippen LogP contribution in [0.3, 0.4) is 0 Å². The van der Waals surface area contributed by atoms with Gasteiger partial charge in [0.15, 0.2) is 6.04 Å². The molecule has 26 heavy (non-hydrogen) atoms. The molecular formula is C17H27ClN2O6. The molecule has 1 aromatic rings. The molecular weight excluding hydrogens is 364 g/mol. The van der Waals surface area contributed by atoms with Crippen molar-refractivity contribution in [3.63, 3.8) is 0 Å². The fourth-order valence-corrected chi connectivity index (χ4v) is 1.87. The number of hydrogen-bond acceptors (Lipinski definition) is 6. The minimum absolute atomic E-state index is 0.223. The van der Waals surface area contributed by atoms with E-state index in [0.29, 0.717) is 5.02 Å². The first kappa shape index (κ1) is 24.1. The third-order valence-electron chi connectivity index (χ3n) is 2.88. The van der Waals surface area contributed by atoms with Gasteiger partial charge in [-0.05, 0) is 45.4 Å². The summed E-state index contributed by atoms with van der Waals surface area (Å²) >= 11 is 5.69. The average molecular weight is 391 g/mol. The van der Waals surface area contributed by atoms with E-state index in [4.69, 9.17) is 32.3 Å². The minimum atomic E-state index is -1.36. The number of halogens is 1. The Morgan fingerprint density at radius 3 is 2.27 bits per heavy atom. The topological polar surface area (TPSA) is 142 Å². The quantitative estimate of drug-likeness (QED) is 0.514. The van der Waals surface area contributed by atoms with Crippen LogP contribution in [0.1, 0.15) is 39.4 Å². The van der Waals surface area contributed by atoms with Crippen molar-refractivity contribution in [1.82, 2.24) is 5.32 Å². The SMILES string of the molecule is CC(O)[C@H](NC(=O)OC(C)(C)C)C(=O)O.NC[C@H](O)c1cccc(Cl)c1. The molecule has 0 saturated carbocycles. The van der Waals surface area contributed by atoms with E-state index in [0.717, 1.165) is 5.56 Å². The fourth-order valence-electron chi connectivity index (χ4n) is 1.67. The number of alkyl carbamates (subject to hydrolysis) is 1. The van der Waals surface area contributed by atoms with E-state index in [2.05, 4.69) is 5.32 Å². The first-order valence-electron chi connectivity index (χ1n) is 7.91. The van der Waals surface area contributed by atoms with Crippen molar-refractivity contribution in [3.8, 4) is 0 Å². The number of hydrogen-bond donors (Lipinski definition) is 5. The van der Waals surface area contributed by atoms with E-state index in [1.807, 2.05) is 0 Å². The standard InChI is InChI=1S/C9H17NO5.C8H10ClNO/c1-5(11)6(7(12)13)10-8(14)15-9(2,3)4;9-7-3-1-2-6(4-7)8(11)5-10/h5-6,11H,1-4H3,(H,10,14)(H,12,13);1-4,8,11H,5,10H2/t5?,6-;8-/m00/s1. The molecule has 0 saturated heterocycles. The van der Waals surface area contributed by atoms with Gasteiger partial charge in [0.25, 0.3) is 0 Å². The van der Waals surface area contributed by atoms with Gasteiger partial charge >= 0.3 is 12.1 Å². The van der Waals surface area contributed by atoms with Crippen LogP contribution in [-0.4, -0.2) is 51.7 Å². The lowest BCUT2D eigenvalue weighted by atomic mass is 10.1. The number of aliphatic hydroxyl groups is 2. The van der Waals surface area contributed by atoms with Crippen molar-refractivity contribution >= 4 is 23.7 Å². The third kappa shape index (κ3) is 10.2. The Bertz CT molecular complexity index is 589.